The van der Waals surface area contributed by atoms with Crippen molar-refractivity contribution in [2.24, 2.45) is 0 Å². The molecule has 198 valence electrons. The van der Waals surface area contributed by atoms with Crippen LogP contribution in [0, 0.1) is 0 Å². The highest BCUT2D eigenvalue weighted by atomic mass is 35.5. The first kappa shape index (κ1) is 27.4. The first-order valence-electron chi connectivity index (χ1n) is 12.4. The van der Waals surface area contributed by atoms with E-state index in [1.807, 2.05) is 25.2 Å². The van der Waals surface area contributed by atoms with Crippen LogP contribution in [0.2, 0.25) is 10.0 Å². The summed E-state index contributed by atoms with van der Waals surface area (Å²) in [7, 11) is 2.02. The molecule has 0 spiro atoms. The summed E-state index contributed by atoms with van der Waals surface area (Å²) in [5.41, 5.74) is 0.372. The minimum absolute atomic E-state index is 0.111. The topological polar surface area (TPSA) is 84.9 Å². The Balaban J connectivity index is 1.65. The van der Waals surface area contributed by atoms with Crippen molar-refractivity contribution in [1.29, 1.82) is 0 Å². The summed E-state index contributed by atoms with van der Waals surface area (Å²) in [4.78, 5) is 39.2. The van der Waals surface area contributed by atoms with E-state index < -0.39 is 17.0 Å². The second-order valence-corrected chi connectivity index (χ2v) is 11.0. The van der Waals surface area contributed by atoms with Gasteiger partial charge in [-0.2, -0.15) is 0 Å². The van der Waals surface area contributed by atoms with Gasteiger partial charge in [0.25, 0.3) is 0 Å². The molecule has 2 aliphatic rings. The van der Waals surface area contributed by atoms with Crippen molar-refractivity contribution in [3.05, 3.63) is 63.6 Å². The Labute approximate surface area is 227 Å². The molecule has 37 heavy (non-hydrogen) atoms. The van der Waals surface area contributed by atoms with Crippen molar-refractivity contribution in [3.8, 4) is 5.75 Å². The van der Waals surface area contributed by atoms with Gasteiger partial charge in [-0.05, 0) is 74.7 Å². The number of benzene rings is 2. The van der Waals surface area contributed by atoms with Gasteiger partial charge < -0.3 is 19.7 Å². The Kier molecular flexibility index (Phi) is 8.17. The number of nitrogens with zero attached hydrogens (tertiary/aromatic N) is 1. The third-order valence-corrected chi connectivity index (χ3v) is 8.25. The molecule has 9 heteroatoms. The SMILES string of the molecule is CC(=O)Oc1cccc(C23CCN(C)CC2(OC(C)=O)CC[C@H](NC(=O)Cc2ccc(Cl)c(Cl)c2)C3)c1. The normalized spacial score (nSPS) is 25.6. The lowest BCUT2D eigenvalue weighted by Crippen LogP contribution is -2.68. The molecule has 4 rings (SSSR count). The number of piperidine rings is 1. The van der Waals surface area contributed by atoms with E-state index in [0.717, 1.165) is 24.1 Å². The second-order valence-electron chi connectivity index (χ2n) is 10.2. The molecule has 0 aromatic heterocycles. The molecular formula is C28H32Cl2N2O5. The van der Waals surface area contributed by atoms with E-state index in [1.54, 1.807) is 24.3 Å². The van der Waals surface area contributed by atoms with Crippen molar-refractivity contribution < 1.29 is 23.9 Å². The summed E-state index contributed by atoms with van der Waals surface area (Å²) in [5, 5.41) is 4.06. The number of likely N-dealkylation sites (N-methyl/N-ethyl adjacent to an activating group) is 1. The number of fused-ring (bicyclic) bond motifs is 1. The number of rotatable bonds is 6. The standard InChI is InChI=1S/C28H32Cl2N2O5/c1-18(33)36-23-6-4-5-21(15-23)27-11-12-32(3)17-28(27,37-19(2)34)10-9-22(16-27)31-26(35)14-20-7-8-24(29)25(30)13-20/h4-8,13,15,22H,9-12,14,16-17H2,1-3H3,(H,31,35)/t22-,27?,28?/m0/s1. The fraction of sp³-hybridized carbons (Fsp3) is 0.464. The summed E-state index contributed by atoms with van der Waals surface area (Å²) in [6.45, 7) is 4.18. The van der Waals surface area contributed by atoms with Crippen LogP contribution < -0.4 is 10.1 Å². The van der Waals surface area contributed by atoms with Crippen LogP contribution in [0.4, 0.5) is 0 Å². The lowest BCUT2D eigenvalue weighted by atomic mass is 9.55. The van der Waals surface area contributed by atoms with Crippen molar-refractivity contribution in [3.63, 3.8) is 0 Å². The van der Waals surface area contributed by atoms with Crippen LogP contribution in [0.5, 0.6) is 5.75 Å². The molecule has 1 N–H and O–H groups in total. The highest BCUT2D eigenvalue weighted by Crippen LogP contribution is 2.54. The summed E-state index contributed by atoms with van der Waals surface area (Å²) < 4.78 is 11.6. The molecule has 0 bridgehead atoms. The first-order chi connectivity index (χ1) is 17.5. The quantitative estimate of drug-likeness (QED) is 0.417. The lowest BCUT2D eigenvalue weighted by molar-refractivity contribution is -0.185. The monoisotopic (exact) mass is 546 g/mol. The van der Waals surface area contributed by atoms with Crippen molar-refractivity contribution in [2.45, 2.75) is 63.0 Å². The lowest BCUT2D eigenvalue weighted by Gasteiger charge is -2.59. The highest BCUT2D eigenvalue weighted by molar-refractivity contribution is 6.42. The Morgan fingerprint density at radius 2 is 1.84 bits per heavy atom. The molecule has 2 aromatic carbocycles. The molecule has 7 nitrogen and oxygen atoms in total. The molecule has 1 amide bonds. The zero-order chi connectivity index (χ0) is 26.8. The number of carbonyl (C=O) groups is 3. The first-order valence-corrected chi connectivity index (χ1v) is 13.2. The number of hydrogen-bond donors (Lipinski definition) is 1. The summed E-state index contributed by atoms with van der Waals surface area (Å²) in [6.07, 6.45) is 2.75. The number of amides is 1. The maximum Gasteiger partial charge on any atom is 0.308 e. The third kappa shape index (κ3) is 5.95. The van der Waals surface area contributed by atoms with E-state index >= 15 is 0 Å². The molecule has 3 atom stereocenters. The second kappa shape index (κ2) is 11.0. The molecule has 2 unspecified atom stereocenters. The van der Waals surface area contributed by atoms with E-state index in [2.05, 4.69) is 10.2 Å². The molecule has 1 aliphatic heterocycles. The number of hydrogen-bond acceptors (Lipinski definition) is 6. The van der Waals surface area contributed by atoms with E-state index in [1.165, 1.54) is 13.8 Å². The van der Waals surface area contributed by atoms with E-state index in [4.69, 9.17) is 32.7 Å². The van der Waals surface area contributed by atoms with Gasteiger partial charge in [-0.25, -0.2) is 0 Å². The van der Waals surface area contributed by atoms with Gasteiger partial charge >= 0.3 is 11.9 Å². The predicted molar refractivity (Wildman–Crippen MR) is 142 cm³/mol. The van der Waals surface area contributed by atoms with Gasteiger partial charge in [-0.15, -0.1) is 0 Å². The largest absolute Gasteiger partial charge is 0.457 e. The average Bonchev–Trinajstić information content (AvgIpc) is 2.81. The Hall–Kier alpha value is -2.61. The maximum absolute atomic E-state index is 13.0. The van der Waals surface area contributed by atoms with Crippen LogP contribution >= 0.6 is 23.2 Å². The van der Waals surface area contributed by atoms with Gasteiger partial charge in [0.2, 0.25) is 5.91 Å². The fourth-order valence-corrected chi connectivity index (χ4v) is 6.37. The number of ether oxygens (including phenoxy) is 2. The van der Waals surface area contributed by atoms with Crippen LogP contribution in [-0.4, -0.2) is 54.5 Å². The molecule has 2 fully saturated rings. The van der Waals surface area contributed by atoms with Crippen LogP contribution in [-0.2, 0) is 31.0 Å². The van der Waals surface area contributed by atoms with Crippen molar-refractivity contribution in [2.75, 3.05) is 20.1 Å². The van der Waals surface area contributed by atoms with Crippen LogP contribution in [0.25, 0.3) is 0 Å². The molecular weight excluding hydrogens is 515 g/mol. The maximum atomic E-state index is 13.0. The molecule has 1 saturated heterocycles. The molecule has 1 saturated carbocycles. The smallest absolute Gasteiger partial charge is 0.308 e. The minimum Gasteiger partial charge on any atom is -0.457 e. The van der Waals surface area contributed by atoms with Crippen molar-refractivity contribution >= 4 is 41.0 Å². The van der Waals surface area contributed by atoms with E-state index in [0.29, 0.717) is 41.6 Å². The van der Waals surface area contributed by atoms with E-state index in [9.17, 15) is 14.4 Å². The van der Waals surface area contributed by atoms with Crippen LogP contribution in [0.15, 0.2) is 42.5 Å². The number of carbonyl (C=O) groups excluding carboxylic acids is 3. The highest BCUT2D eigenvalue weighted by Gasteiger charge is 2.60. The zero-order valence-corrected chi connectivity index (χ0v) is 22.8. The average molecular weight is 547 g/mol. The van der Waals surface area contributed by atoms with Gasteiger partial charge in [-0.3, -0.25) is 14.4 Å². The number of esters is 2. The Morgan fingerprint density at radius 3 is 2.54 bits per heavy atom. The third-order valence-electron chi connectivity index (χ3n) is 7.51. The number of likely N-dealkylation sites (tertiary alicyclic amines) is 1. The Morgan fingerprint density at radius 1 is 1.05 bits per heavy atom. The Bertz CT molecular complexity index is 1200. The van der Waals surface area contributed by atoms with Crippen molar-refractivity contribution in [1.82, 2.24) is 10.2 Å². The van der Waals surface area contributed by atoms with Crippen LogP contribution in [0.1, 0.15) is 50.7 Å². The van der Waals surface area contributed by atoms with Gasteiger partial charge in [0.05, 0.1) is 16.5 Å². The van der Waals surface area contributed by atoms with Gasteiger partial charge in [-0.1, -0.05) is 41.4 Å². The minimum atomic E-state index is -0.772. The van der Waals surface area contributed by atoms with Gasteiger partial charge in [0.1, 0.15) is 11.4 Å². The summed E-state index contributed by atoms with van der Waals surface area (Å²) >= 11 is 12.1. The molecule has 2 aromatic rings. The summed E-state index contributed by atoms with van der Waals surface area (Å²) in [6, 6.07) is 12.5. The fourth-order valence-electron chi connectivity index (χ4n) is 6.05. The molecule has 1 aliphatic carbocycles. The van der Waals surface area contributed by atoms with Gasteiger partial charge in [0, 0.05) is 31.8 Å². The number of nitrogens with one attached hydrogen (secondary N) is 1. The zero-order valence-electron chi connectivity index (χ0n) is 21.3. The molecule has 0 radical (unpaired) electrons. The van der Waals surface area contributed by atoms with Gasteiger partial charge in [0.15, 0.2) is 0 Å². The molecule has 1 heterocycles. The number of halogens is 2. The summed E-state index contributed by atoms with van der Waals surface area (Å²) in [5.74, 6) is -0.404. The predicted octanol–water partition coefficient (Wildman–Crippen LogP) is 4.71. The van der Waals surface area contributed by atoms with E-state index in [-0.39, 0.29) is 24.3 Å². The van der Waals surface area contributed by atoms with Crippen LogP contribution in [0.3, 0.4) is 0 Å².